The predicted molar refractivity (Wildman–Crippen MR) is 48.5 cm³/mol. The molecular weight excluding hydrogens is 214 g/mol. The van der Waals surface area contributed by atoms with Crippen molar-refractivity contribution >= 4 is 23.2 Å². The van der Waals surface area contributed by atoms with Crippen LogP contribution in [0.3, 0.4) is 0 Å². The van der Waals surface area contributed by atoms with E-state index < -0.39 is 11.2 Å². The van der Waals surface area contributed by atoms with Crippen molar-refractivity contribution in [3.63, 3.8) is 0 Å². The number of anilines is 1. The van der Waals surface area contributed by atoms with Crippen molar-refractivity contribution in [2.45, 2.75) is 12.3 Å². The molecule has 3 nitrogen and oxygen atoms in total. The van der Waals surface area contributed by atoms with E-state index in [0.29, 0.717) is 5.56 Å². The molecule has 1 rings (SSSR count). The summed E-state index contributed by atoms with van der Waals surface area (Å²) in [5.74, 6) is -1.78. The molecule has 0 bridgehead atoms. The van der Waals surface area contributed by atoms with Crippen molar-refractivity contribution in [2.24, 2.45) is 0 Å². The minimum Gasteiger partial charge on any atom is -0.383 e. The molecule has 0 fully saturated rings. The maximum absolute atomic E-state index is 12.4. The number of halogens is 3. The number of aromatic nitrogens is 1. The van der Waals surface area contributed by atoms with Gasteiger partial charge in [-0.05, 0) is 30.2 Å². The van der Waals surface area contributed by atoms with Crippen molar-refractivity contribution in [1.29, 1.82) is 0 Å². The van der Waals surface area contributed by atoms with Crippen LogP contribution in [0.2, 0.25) is 0 Å². The van der Waals surface area contributed by atoms with Gasteiger partial charge in [-0.15, -0.1) is 0 Å². The molecule has 0 radical (unpaired) electrons. The molecule has 1 aromatic heterocycles. The number of rotatable bonds is 2. The number of carbonyl (C=O) groups excluding carboxylic acids is 1. The largest absolute Gasteiger partial charge is 0.385 e. The second-order valence-electron chi connectivity index (χ2n) is 2.77. The zero-order valence-corrected chi connectivity index (χ0v) is 7.98. The van der Waals surface area contributed by atoms with E-state index in [0.717, 1.165) is 0 Å². The van der Waals surface area contributed by atoms with E-state index in [1.54, 1.807) is 6.92 Å². The normalized spacial score (nSPS) is 11.4. The van der Waals surface area contributed by atoms with Crippen LogP contribution in [0, 0.1) is 6.92 Å². The Labute approximate surface area is 83.9 Å². The predicted octanol–water partition coefficient (Wildman–Crippen LogP) is 1.99. The topological polar surface area (TPSA) is 56.0 Å². The molecule has 2 N–H and O–H groups in total. The lowest BCUT2D eigenvalue weighted by Gasteiger charge is -2.08. The van der Waals surface area contributed by atoms with Crippen LogP contribution in [0.25, 0.3) is 0 Å². The van der Waals surface area contributed by atoms with Crippen LogP contribution in [0.1, 0.15) is 15.9 Å². The number of carbonyl (C=O) groups is 1. The van der Waals surface area contributed by atoms with Crippen LogP contribution in [0.4, 0.5) is 14.6 Å². The molecule has 14 heavy (non-hydrogen) atoms. The average Bonchev–Trinajstić information content (AvgIpc) is 2.06. The van der Waals surface area contributed by atoms with Gasteiger partial charge in [0, 0.05) is 6.20 Å². The summed E-state index contributed by atoms with van der Waals surface area (Å²) < 4.78 is 24.9. The van der Waals surface area contributed by atoms with Crippen molar-refractivity contribution in [3.8, 4) is 0 Å². The van der Waals surface area contributed by atoms with E-state index in [9.17, 15) is 13.6 Å². The van der Waals surface area contributed by atoms with E-state index in [2.05, 4.69) is 16.6 Å². The molecular formula is C8H7ClF2N2O. The molecule has 0 aromatic carbocycles. The number of pyridine rings is 1. The Morgan fingerprint density at radius 3 is 2.71 bits per heavy atom. The van der Waals surface area contributed by atoms with Gasteiger partial charge in [-0.25, -0.2) is 4.98 Å². The Hall–Kier alpha value is -1.23. The fraction of sp³-hybridized carbons (Fsp3) is 0.250. The summed E-state index contributed by atoms with van der Waals surface area (Å²) in [6.07, 6.45) is 1.37. The maximum atomic E-state index is 12.4. The number of hydrogen-bond acceptors (Lipinski definition) is 3. The Morgan fingerprint density at radius 1 is 1.64 bits per heavy atom. The van der Waals surface area contributed by atoms with Crippen molar-refractivity contribution in [1.82, 2.24) is 4.98 Å². The fourth-order valence-corrected chi connectivity index (χ4v) is 1.02. The van der Waals surface area contributed by atoms with Crippen LogP contribution in [0.15, 0.2) is 12.3 Å². The highest BCUT2D eigenvalue weighted by molar-refractivity contribution is 6.35. The quantitative estimate of drug-likeness (QED) is 0.613. The van der Waals surface area contributed by atoms with Gasteiger partial charge in [0.15, 0.2) is 0 Å². The highest BCUT2D eigenvalue weighted by Gasteiger charge is 2.37. The van der Waals surface area contributed by atoms with E-state index >= 15 is 0 Å². The molecule has 0 saturated heterocycles. The van der Waals surface area contributed by atoms with Gasteiger partial charge in [0.05, 0.1) is 5.56 Å². The monoisotopic (exact) mass is 220 g/mol. The van der Waals surface area contributed by atoms with Crippen LogP contribution >= 0.6 is 11.6 Å². The third kappa shape index (κ3) is 2.17. The van der Waals surface area contributed by atoms with Gasteiger partial charge in [0.2, 0.25) is 0 Å². The fourth-order valence-electron chi connectivity index (χ4n) is 0.914. The minimum atomic E-state index is -3.94. The van der Waals surface area contributed by atoms with Crippen LogP contribution in [-0.4, -0.2) is 16.1 Å². The van der Waals surface area contributed by atoms with Crippen molar-refractivity contribution in [3.05, 3.63) is 23.4 Å². The summed E-state index contributed by atoms with van der Waals surface area (Å²) >= 11 is 4.58. The average molecular weight is 221 g/mol. The van der Waals surface area contributed by atoms with Gasteiger partial charge in [-0.1, -0.05) is 0 Å². The smallest absolute Gasteiger partial charge is 0.383 e. The van der Waals surface area contributed by atoms with Gasteiger partial charge in [0.1, 0.15) is 5.82 Å². The van der Waals surface area contributed by atoms with Gasteiger partial charge in [-0.2, -0.15) is 8.78 Å². The van der Waals surface area contributed by atoms with E-state index in [4.69, 9.17) is 5.73 Å². The second kappa shape index (κ2) is 3.49. The summed E-state index contributed by atoms with van der Waals surface area (Å²) in [4.78, 5) is 14.6. The van der Waals surface area contributed by atoms with Crippen LogP contribution < -0.4 is 5.73 Å². The summed E-state index contributed by atoms with van der Waals surface area (Å²) in [6, 6.07) is 1.22. The summed E-state index contributed by atoms with van der Waals surface area (Å²) in [5, 5.41) is -3.94. The molecule has 76 valence electrons. The summed E-state index contributed by atoms with van der Waals surface area (Å²) in [7, 11) is 0. The van der Waals surface area contributed by atoms with Gasteiger partial charge in [-0.3, -0.25) is 4.79 Å². The van der Waals surface area contributed by atoms with Gasteiger partial charge >= 0.3 is 5.38 Å². The van der Waals surface area contributed by atoms with E-state index in [1.807, 2.05) is 0 Å². The Balaban J connectivity index is 3.19. The third-order valence-corrected chi connectivity index (χ3v) is 1.73. The molecule has 0 saturated carbocycles. The first-order valence-corrected chi connectivity index (χ1v) is 4.04. The van der Waals surface area contributed by atoms with Crippen molar-refractivity contribution in [2.75, 3.05) is 5.73 Å². The molecule has 0 unspecified atom stereocenters. The number of alkyl halides is 3. The van der Waals surface area contributed by atoms with Gasteiger partial charge in [0.25, 0.3) is 5.78 Å². The zero-order valence-electron chi connectivity index (χ0n) is 7.22. The van der Waals surface area contributed by atoms with E-state index in [-0.39, 0.29) is 11.4 Å². The Kier molecular flexibility index (Phi) is 2.71. The summed E-state index contributed by atoms with van der Waals surface area (Å²) in [6.45, 7) is 1.61. The zero-order chi connectivity index (χ0) is 10.9. The molecule has 0 aliphatic heterocycles. The number of Topliss-reactive ketones (excluding diaryl/α,β-unsaturated/α-hetero) is 1. The molecule has 0 amide bonds. The first-order chi connectivity index (χ1) is 6.32. The Morgan fingerprint density at radius 2 is 2.21 bits per heavy atom. The molecule has 1 heterocycles. The lowest BCUT2D eigenvalue weighted by Crippen LogP contribution is -2.23. The van der Waals surface area contributed by atoms with Crippen LogP contribution in [0.5, 0.6) is 0 Å². The number of nitrogen functional groups attached to an aromatic ring is 1. The lowest BCUT2D eigenvalue weighted by molar-refractivity contribution is 0.0537. The first-order valence-electron chi connectivity index (χ1n) is 3.66. The highest BCUT2D eigenvalue weighted by Crippen LogP contribution is 2.26. The SMILES string of the molecule is Cc1cnc(N)c(C(=O)C(F)(F)Cl)c1. The Bertz CT molecular complexity index is 376. The number of hydrogen-bond donors (Lipinski definition) is 1. The molecule has 0 aliphatic rings. The molecule has 0 spiro atoms. The molecule has 0 atom stereocenters. The molecule has 6 heteroatoms. The summed E-state index contributed by atoms with van der Waals surface area (Å²) in [5.41, 5.74) is 5.47. The number of nitrogens with zero attached hydrogens (tertiary/aromatic N) is 1. The minimum absolute atomic E-state index is 0.249. The van der Waals surface area contributed by atoms with Gasteiger partial charge < -0.3 is 5.73 Å². The number of ketones is 1. The van der Waals surface area contributed by atoms with Crippen LogP contribution in [-0.2, 0) is 0 Å². The second-order valence-corrected chi connectivity index (χ2v) is 3.25. The standard InChI is InChI=1S/C8H7ClF2N2O/c1-4-2-5(7(12)13-3-4)6(14)8(9,10)11/h2-3H,1H3,(H2,12,13). The number of nitrogens with two attached hydrogens (primary N) is 1. The maximum Gasteiger partial charge on any atom is 0.385 e. The third-order valence-electron chi connectivity index (χ3n) is 1.56. The molecule has 1 aromatic rings. The molecule has 0 aliphatic carbocycles. The van der Waals surface area contributed by atoms with Crippen molar-refractivity contribution < 1.29 is 13.6 Å². The number of aryl methyl sites for hydroxylation is 1. The first kappa shape index (κ1) is 10.8. The lowest BCUT2D eigenvalue weighted by atomic mass is 10.1. The van der Waals surface area contributed by atoms with E-state index in [1.165, 1.54) is 12.3 Å². The highest BCUT2D eigenvalue weighted by atomic mass is 35.5.